The fourth-order valence-corrected chi connectivity index (χ4v) is 1.72. The number of halogens is 5. The Morgan fingerprint density at radius 2 is 1.42 bits per heavy atom. The van der Waals surface area contributed by atoms with Gasteiger partial charge in [0.05, 0.1) is 25.2 Å². The molecule has 1 aliphatic rings. The molecule has 0 unspecified atom stereocenters. The molecule has 0 spiro atoms. The third-order valence-electron chi connectivity index (χ3n) is 3.26. The fourth-order valence-electron chi connectivity index (χ4n) is 1.72. The molecule has 0 aromatic heterocycles. The van der Waals surface area contributed by atoms with Crippen molar-refractivity contribution in [2.24, 2.45) is 5.41 Å². The van der Waals surface area contributed by atoms with Crippen molar-refractivity contribution in [3.05, 3.63) is 29.1 Å². The van der Waals surface area contributed by atoms with Crippen LogP contribution < -0.4 is 4.74 Å². The molecule has 2 rings (SSSR count). The normalized spacial score (nSPS) is 17.2. The molecule has 0 radical (unpaired) electrons. The van der Waals surface area contributed by atoms with E-state index in [9.17, 15) is 22.0 Å². The first-order chi connectivity index (χ1) is 8.92. The van der Waals surface area contributed by atoms with Gasteiger partial charge in [0.25, 0.3) is 0 Å². The molecule has 2 nitrogen and oxygen atoms in total. The van der Waals surface area contributed by atoms with Crippen LogP contribution in [0, 0.1) is 34.5 Å². The first-order valence-electron chi connectivity index (χ1n) is 5.64. The van der Waals surface area contributed by atoms with Crippen LogP contribution in [-0.2, 0) is 4.74 Å². The van der Waals surface area contributed by atoms with Gasteiger partial charge < -0.3 is 9.47 Å². The minimum atomic E-state index is -2.19. The summed E-state index contributed by atoms with van der Waals surface area (Å²) < 4.78 is 75.1. The molecular weight excluding hydrogens is 271 g/mol. The van der Waals surface area contributed by atoms with Crippen molar-refractivity contribution in [1.29, 1.82) is 0 Å². The number of benzene rings is 1. The second kappa shape index (κ2) is 4.96. The smallest absolute Gasteiger partial charge is 0.206 e. The molecule has 1 fully saturated rings. The van der Waals surface area contributed by atoms with Gasteiger partial charge in [0.2, 0.25) is 29.1 Å². The fraction of sp³-hybridized carbons (Fsp3) is 0.500. The summed E-state index contributed by atoms with van der Waals surface area (Å²) in [5.41, 5.74) is -0.430. The van der Waals surface area contributed by atoms with Crippen molar-refractivity contribution >= 4 is 0 Å². The Balaban J connectivity index is 2.25. The van der Waals surface area contributed by atoms with E-state index in [0.717, 1.165) is 0 Å². The van der Waals surface area contributed by atoms with E-state index < -0.39 is 40.3 Å². The monoisotopic (exact) mass is 282 g/mol. The van der Waals surface area contributed by atoms with Crippen LogP contribution in [0.15, 0.2) is 0 Å². The summed E-state index contributed by atoms with van der Waals surface area (Å²) in [5.74, 6) is -11.4. The van der Waals surface area contributed by atoms with Gasteiger partial charge in [0.1, 0.15) is 0 Å². The molecule has 0 amide bonds. The molecule has 0 atom stereocenters. The first kappa shape index (κ1) is 14.0. The predicted molar refractivity (Wildman–Crippen MR) is 55.3 cm³/mol. The molecule has 1 saturated heterocycles. The van der Waals surface area contributed by atoms with Crippen molar-refractivity contribution in [2.75, 3.05) is 19.8 Å². The van der Waals surface area contributed by atoms with Crippen LogP contribution in [0.4, 0.5) is 22.0 Å². The predicted octanol–water partition coefficient (Wildman–Crippen LogP) is 3.19. The van der Waals surface area contributed by atoms with Gasteiger partial charge in [-0.05, 0) is 6.42 Å². The van der Waals surface area contributed by atoms with Gasteiger partial charge in [-0.2, -0.15) is 8.78 Å². The lowest BCUT2D eigenvalue weighted by atomic mass is 9.84. The maximum atomic E-state index is 13.3. The lowest BCUT2D eigenvalue weighted by Crippen LogP contribution is -2.46. The highest BCUT2D eigenvalue weighted by Crippen LogP contribution is 2.34. The molecule has 1 aliphatic heterocycles. The van der Waals surface area contributed by atoms with Crippen LogP contribution in [0.2, 0.25) is 0 Å². The largest absolute Gasteiger partial charge is 0.487 e. The molecule has 1 heterocycles. The zero-order valence-electron chi connectivity index (χ0n) is 10.0. The zero-order valence-corrected chi connectivity index (χ0v) is 10.0. The zero-order chi connectivity index (χ0) is 14.2. The van der Waals surface area contributed by atoms with E-state index in [0.29, 0.717) is 19.6 Å². The van der Waals surface area contributed by atoms with Crippen molar-refractivity contribution in [3.8, 4) is 5.75 Å². The van der Waals surface area contributed by atoms with Crippen LogP contribution >= 0.6 is 0 Å². The quantitative estimate of drug-likeness (QED) is 0.480. The molecule has 1 aromatic rings. The number of hydrogen-bond acceptors (Lipinski definition) is 2. The van der Waals surface area contributed by atoms with Crippen LogP contribution in [0.1, 0.15) is 13.3 Å². The third-order valence-corrected chi connectivity index (χ3v) is 3.26. The van der Waals surface area contributed by atoms with E-state index in [4.69, 9.17) is 9.47 Å². The number of rotatable bonds is 4. The van der Waals surface area contributed by atoms with Crippen LogP contribution in [0.25, 0.3) is 0 Å². The van der Waals surface area contributed by atoms with E-state index in [1.807, 2.05) is 6.92 Å². The van der Waals surface area contributed by atoms with Gasteiger partial charge in [-0.15, -0.1) is 0 Å². The molecule has 19 heavy (non-hydrogen) atoms. The Morgan fingerprint density at radius 1 is 0.947 bits per heavy atom. The van der Waals surface area contributed by atoms with Crippen LogP contribution in [0.3, 0.4) is 0 Å². The van der Waals surface area contributed by atoms with Crippen molar-refractivity contribution in [2.45, 2.75) is 13.3 Å². The summed E-state index contributed by atoms with van der Waals surface area (Å²) in [6.07, 6.45) is 0.613. The van der Waals surface area contributed by atoms with E-state index in [1.54, 1.807) is 0 Å². The molecule has 1 aromatic carbocycles. The van der Waals surface area contributed by atoms with Crippen molar-refractivity contribution in [1.82, 2.24) is 0 Å². The number of hydrogen-bond donors (Lipinski definition) is 0. The van der Waals surface area contributed by atoms with E-state index >= 15 is 0 Å². The molecule has 0 saturated carbocycles. The van der Waals surface area contributed by atoms with E-state index in [-0.39, 0.29) is 6.61 Å². The Bertz CT molecular complexity index is 465. The highest BCUT2D eigenvalue weighted by molar-refractivity contribution is 5.29. The van der Waals surface area contributed by atoms with Gasteiger partial charge in [-0.3, -0.25) is 0 Å². The van der Waals surface area contributed by atoms with Crippen molar-refractivity contribution < 1.29 is 31.4 Å². The summed E-state index contributed by atoms with van der Waals surface area (Å²) >= 11 is 0. The third kappa shape index (κ3) is 2.27. The second-order valence-corrected chi connectivity index (χ2v) is 4.53. The lowest BCUT2D eigenvalue weighted by molar-refractivity contribution is -0.134. The minimum Gasteiger partial charge on any atom is -0.487 e. The van der Waals surface area contributed by atoms with Gasteiger partial charge in [0, 0.05) is 0 Å². The van der Waals surface area contributed by atoms with Gasteiger partial charge in [0.15, 0.2) is 5.75 Å². The SMILES string of the molecule is CCC1(COc2c(F)c(F)c(F)c(F)c2F)COC1. The summed E-state index contributed by atoms with van der Waals surface area (Å²) in [4.78, 5) is 0. The maximum absolute atomic E-state index is 13.3. The Morgan fingerprint density at radius 3 is 1.79 bits per heavy atom. The van der Waals surface area contributed by atoms with Crippen LogP contribution in [0.5, 0.6) is 5.75 Å². The standard InChI is InChI=1S/C12H11F5O2/c1-2-12(3-18-4-12)5-19-11-9(16)7(14)6(13)8(15)10(11)17/h2-5H2,1H3. The molecule has 0 aliphatic carbocycles. The van der Waals surface area contributed by atoms with E-state index in [2.05, 4.69) is 0 Å². The summed E-state index contributed by atoms with van der Waals surface area (Å²) in [7, 11) is 0. The average molecular weight is 282 g/mol. The highest BCUT2D eigenvalue weighted by Gasteiger charge is 2.39. The topological polar surface area (TPSA) is 18.5 Å². The van der Waals surface area contributed by atoms with Crippen molar-refractivity contribution in [3.63, 3.8) is 0 Å². The Labute approximate surface area is 106 Å². The Kier molecular flexibility index (Phi) is 3.66. The molecular formula is C12H11F5O2. The second-order valence-electron chi connectivity index (χ2n) is 4.53. The minimum absolute atomic E-state index is 0.165. The summed E-state index contributed by atoms with van der Waals surface area (Å²) in [6, 6.07) is 0. The molecule has 0 bridgehead atoms. The molecule has 7 heteroatoms. The lowest BCUT2D eigenvalue weighted by Gasteiger charge is -2.40. The maximum Gasteiger partial charge on any atom is 0.206 e. The van der Waals surface area contributed by atoms with Crippen LogP contribution in [-0.4, -0.2) is 19.8 Å². The van der Waals surface area contributed by atoms with Gasteiger partial charge in [-0.25, -0.2) is 13.2 Å². The molecule has 106 valence electrons. The van der Waals surface area contributed by atoms with Gasteiger partial charge in [-0.1, -0.05) is 6.92 Å². The number of ether oxygens (including phenoxy) is 2. The summed E-state index contributed by atoms with van der Waals surface area (Å²) in [5, 5.41) is 0. The highest BCUT2D eigenvalue weighted by atomic mass is 19.2. The van der Waals surface area contributed by atoms with E-state index in [1.165, 1.54) is 0 Å². The average Bonchev–Trinajstić information content (AvgIpc) is 2.36. The Hall–Kier alpha value is -1.37. The molecule has 0 N–H and O–H groups in total. The summed E-state index contributed by atoms with van der Waals surface area (Å²) in [6.45, 7) is 2.32. The first-order valence-corrected chi connectivity index (χ1v) is 5.64. The van der Waals surface area contributed by atoms with Gasteiger partial charge >= 0.3 is 0 Å².